The fourth-order valence-corrected chi connectivity index (χ4v) is 3.48. The minimum absolute atomic E-state index is 0.0411. The van der Waals surface area contributed by atoms with Crippen LogP contribution in [0.3, 0.4) is 0 Å². The minimum atomic E-state index is -0.0411. The van der Waals surface area contributed by atoms with E-state index < -0.39 is 0 Å². The molecule has 0 aliphatic carbocycles. The molecule has 3 rings (SSSR count). The van der Waals surface area contributed by atoms with Gasteiger partial charge >= 0.3 is 0 Å². The number of hydrogen-bond donors (Lipinski definition) is 1. The first-order valence-electron chi connectivity index (χ1n) is 8.84. The highest BCUT2D eigenvalue weighted by Gasteiger charge is 2.32. The molecule has 0 spiro atoms. The first-order chi connectivity index (χ1) is 11.5. The van der Waals surface area contributed by atoms with Gasteiger partial charge < -0.3 is 19.7 Å². The Kier molecular flexibility index (Phi) is 5.54. The molecule has 3 atom stereocenters. The molecule has 0 radical (unpaired) electrons. The van der Waals surface area contributed by atoms with Crippen molar-refractivity contribution in [1.82, 2.24) is 10.2 Å². The smallest absolute Gasteiger partial charge is 0.224 e. The summed E-state index contributed by atoms with van der Waals surface area (Å²) in [6, 6.07) is 6.65. The van der Waals surface area contributed by atoms with E-state index in [1.165, 1.54) is 16.7 Å². The largest absolute Gasteiger partial charge is 0.378 e. The first kappa shape index (κ1) is 17.4. The van der Waals surface area contributed by atoms with Crippen molar-refractivity contribution < 1.29 is 14.3 Å². The molecule has 1 aromatic rings. The van der Waals surface area contributed by atoms with Crippen LogP contribution in [0, 0.1) is 13.8 Å². The summed E-state index contributed by atoms with van der Waals surface area (Å²) < 4.78 is 11.5. The molecule has 2 heterocycles. The second-order valence-electron chi connectivity index (χ2n) is 7.01. The SMILES string of the molecule is Cc1ccc(C)c(C2CN(C(=O)CC3COCCN3)C(C)CO2)c1. The third-order valence-corrected chi connectivity index (χ3v) is 4.95. The van der Waals surface area contributed by atoms with Crippen LogP contribution in [0.1, 0.15) is 36.1 Å². The standard InChI is InChI=1S/C19H28N2O3/c1-13-4-5-14(2)17(8-13)18-10-21(15(3)11-24-18)19(22)9-16-12-23-7-6-20-16/h4-5,8,15-16,18,20H,6-7,9-12H2,1-3H3. The summed E-state index contributed by atoms with van der Waals surface area (Å²) in [6.45, 7) is 9.62. The summed E-state index contributed by atoms with van der Waals surface area (Å²) in [5.41, 5.74) is 3.63. The quantitative estimate of drug-likeness (QED) is 0.919. The van der Waals surface area contributed by atoms with Crippen LogP contribution >= 0.6 is 0 Å². The van der Waals surface area contributed by atoms with Crippen LogP contribution in [0.4, 0.5) is 0 Å². The second-order valence-corrected chi connectivity index (χ2v) is 7.01. The van der Waals surface area contributed by atoms with Crippen LogP contribution in [-0.4, -0.2) is 55.8 Å². The lowest BCUT2D eigenvalue weighted by atomic mass is 9.98. The summed E-state index contributed by atoms with van der Waals surface area (Å²) in [4.78, 5) is 14.8. The first-order valence-corrected chi connectivity index (χ1v) is 8.84. The molecular formula is C19H28N2O3. The topological polar surface area (TPSA) is 50.8 Å². The molecule has 0 bridgehead atoms. The van der Waals surface area contributed by atoms with Crippen LogP contribution in [0.2, 0.25) is 0 Å². The minimum Gasteiger partial charge on any atom is -0.378 e. The highest BCUT2D eigenvalue weighted by atomic mass is 16.5. The average molecular weight is 332 g/mol. The van der Waals surface area contributed by atoms with E-state index in [9.17, 15) is 4.79 Å². The Balaban J connectivity index is 1.68. The third-order valence-electron chi connectivity index (χ3n) is 4.95. The number of ether oxygens (including phenoxy) is 2. The van der Waals surface area contributed by atoms with Crippen LogP contribution in [-0.2, 0) is 14.3 Å². The molecule has 5 heteroatoms. The Morgan fingerprint density at radius 2 is 2.17 bits per heavy atom. The number of hydrogen-bond acceptors (Lipinski definition) is 4. The molecular weight excluding hydrogens is 304 g/mol. The third kappa shape index (κ3) is 3.97. The molecule has 0 aromatic heterocycles. The van der Waals surface area contributed by atoms with Gasteiger partial charge in [0.05, 0.1) is 32.4 Å². The van der Waals surface area contributed by atoms with Crippen LogP contribution < -0.4 is 5.32 Å². The van der Waals surface area contributed by atoms with Gasteiger partial charge in [-0.3, -0.25) is 4.79 Å². The molecule has 2 aliphatic rings. The zero-order chi connectivity index (χ0) is 17.1. The summed E-state index contributed by atoms with van der Waals surface area (Å²) >= 11 is 0. The number of amides is 1. The van der Waals surface area contributed by atoms with Crippen LogP contribution in [0.25, 0.3) is 0 Å². The van der Waals surface area contributed by atoms with Gasteiger partial charge in [0.15, 0.2) is 0 Å². The lowest BCUT2D eigenvalue weighted by Gasteiger charge is -2.39. The van der Waals surface area contributed by atoms with E-state index in [1.807, 2.05) is 4.90 Å². The van der Waals surface area contributed by atoms with E-state index in [0.29, 0.717) is 26.2 Å². The van der Waals surface area contributed by atoms with Gasteiger partial charge in [-0.1, -0.05) is 23.8 Å². The Morgan fingerprint density at radius 3 is 2.92 bits per heavy atom. The summed E-state index contributed by atoms with van der Waals surface area (Å²) in [5, 5.41) is 3.36. The molecule has 2 fully saturated rings. The second kappa shape index (κ2) is 7.64. The molecule has 5 nitrogen and oxygen atoms in total. The number of nitrogens with zero attached hydrogens (tertiary/aromatic N) is 1. The molecule has 3 unspecified atom stereocenters. The molecule has 24 heavy (non-hydrogen) atoms. The molecule has 2 saturated heterocycles. The molecule has 2 aliphatic heterocycles. The van der Waals surface area contributed by atoms with Crippen molar-refractivity contribution in [1.29, 1.82) is 0 Å². The normalized spacial score (nSPS) is 28.0. The van der Waals surface area contributed by atoms with E-state index in [4.69, 9.17) is 9.47 Å². The monoisotopic (exact) mass is 332 g/mol. The number of carbonyl (C=O) groups excluding carboxylic acids is 1. The van der Waals surface area contributed by atoms with Crippen LogP contribution in [0.5, 0.6) is 0 Å². The Hall–Kier alpha value is -1.43. The molecule has 1 N–H and O–H groups in total. The number of benzene rings is 1. The predicted molar refractivity (Wildman–Crippen MR) is 93.0 cm³/mol. The van der Waals surface area contributed by atoms with Crippen molar-refractivity contribution in [2.45, 2.75) is 45.4 Å². The number of nitrogens with one attached hydrogen (secondary N) is 1. The van der Waals surface area contributed by atoms with Gasteiger partial charge in [-0.2, -0.15) is 0 Å². The maximum absolute atomic E-state index is 12.8. The van der Waals surface area contributed by atoms with Gasteiger partial charge in [-0.05, 0) is 31.9 Å². The predicted octanol–water partition coefficient (Wildman–Crippen LogP) is 1.97. The number of aryl methyl sites for hydroxylation is 2. The Morgan fingerprint density at radius 1 is 1.33 bits per heavy atom. The van der Waals surface area contributed by atoms with Crippen molar-refractivity contribution in [2.24, 2.45) is 0 Å². The highest BCUT2D eigenvalue weighted by molar-refractivity contribution is 5.77. The fraction of sp³-hybridized carbons (Fsp3) is 0.632. The van der Waals surface area contributed by atoms with Crippen molar-refractivity contribution in [3.8, 4) is 0 Å². The van der Waals surface area contributed by atoms with E-state index in [1.54, 1.807) is 0 Å². The number of rotatable bonds is 3. The van der Waals surface area contributed by atoms with Gasteiger partial charge in [0.1, 0.15) is 6.10 Å². The van der Waals surface area contributed by atoms with Crippen molar-refractivity contribution in [2.75, 3.05) is 32.9 Å². The number of morpholine rings is 2. The van der Waals surface area contributed by atoms with E-state index in [-0.39, 0.29) is 24.1 Å². The maximum atomic E-state index is 12.8. The molecule has 132 valence electrons. The molecule has 1 aromatic carbocycles. The van der Waals surface area contributed by atoms with Crippen LogP contribution in [0.15, 0.2) is 18.2 Å². The number of carbonyl (C=O) groups is 1. The fourth-order valence-electron chi connectivity index (χ4n) is 3.48. The Bertz CT molecular complexity index is 584. The van der Waals surface area contributed by atoms with Gasteiger partial charge in [0.2, 0.25) is 5.91 Å². The molecule has 1 amide bonds. The van der Waals surface area contributed by atoms with Gasteiger partial charge in [0.25, 0.3) is 0 Å². The van der Waals surface area contributed by atoms with E-state index >= 15 is 0 Å². The summed E-state index contributed by atoms with van der Waals surface area (Å²) in [6.07, 6.45) is 0.449. The van der Waals surface area contributed by atoms with Gasteiger partial charge in [0, 0.05) is 19.0 Å². The van der Waals surface area contributed by atoms with E-state index in [2.05, 4.69) is 44.3 Å². The zero-order valence-electron chi connectivity index (χ0n) is 14.9. The van der Waals surface area contributed by atoms with Crippen molar-refractivity contribution >= 4 is 5.91 Å². The Labute approximate surface area is 144 Å². The van der Waals surface area contributed by atoms with Gasteiger partial charge in [-0.15, -0.1) is 0 Å². The van der Waals surface area contributed by atoms with Crippen molar-refractivity contribution in [3.05, 3.63) is 34.9 Å². The lowest BCUT2D eigenvalue weighted by molar-refractivity contribution is -0.145. The zero-order valence-corrected chi connectivity index (χ0v) is 14.9. The molecule has 0 saturated carbocycles. The van der Waals surface area contributed by atoms with E-state index in [0.717, 1.165) is 13.2 Å². The van der Waals surface area contributed by atoms with Gasteiger partial charge in [-0.25, -0.2) is 0 Å². The highest BCUT2D eigenvalue weighted by Crippen LogP contribution is 2.28. The average Bonchev–Trinajstić information content (AvgIpc) is 2.58. The maximum Gasteiger partial charge on any atom is 0.224 e. The lowest BCUT2D eigenvalue weighted by Crippen LogP contribution is -2.51. The van der Waals surface area contributed by atoms with Crippen molar-refractivity contribution in [3.63, 3.8) is 0 Å². The summed E-state index contributed by atoms with van der Waals surface area (Å²) in [5.74, 6) is 0.184. The summed E-state index contributed by atoms with van der Waals surface area (Å²) in [7, 11) is 0.